The number of nitrogens with two attached hydrogens (primary N) is 1. The van der Waals surface area contributed by atoms with Crippen molar-refractivity contribution in [1.29, 1.82) is 5.26 Å². The number of sulfonamides is 1. The zero-order valence-electron chi connectivity index (χ0n) is 10.9. The van der Waals surface area contributed by atoms with Gasteiger partial charge in [0.2, 0.25) is 10.0 Å². The molecule has 0 amide bonds. The van der Waals surface area contributed by atoms with E-state index in [0.29, 0.717) is 11.4 Å². The number of thioether (sulfide) groups is 1. The molecule has 0 aliphatic rings. The number of nitrogens with one attached hydrogen (secondary N) is 1. The van der Waals surface area contributed by atoms with Crippen LogP contribution in [0.15, 0.2) is 23.1 Å². The third-order valence-electron chi connectivity index (χ3n) is 2.34. The fourth-order valence-corrected chi connectivity index (χ4v) is 3.69. The van der Waals surface area contributed by atoms with Crippen LogP contribution in [0.1, 0.15) is 19.4 Å². The molecule has 1 unspecified atom stereocenters. The Morgan fingerprint density at radius 3 is 2.79 bits per heavy atom. The van der Waals surface area contributed by atoms with Gasteiger partial charge in [0.05, 0.1) is 10.5 Å². The van der Waals surface area contributed by atoms with E-state index in [-0.39, 0.29) is 16.5 Å². The number of nitriles is 1. The summed E-state index contributed by atoms with van der Waals surface area (Å²) in [5.74, 6) is 1.62. The van der Waals surface area contributed by atoms with Crippen LogP contribution in [0, 0.1) is 11.3 Å². The van der Waals surface area contributed by atoms with Gasteiger partial charge >= 0.3 is 0 Å². The molecule has 0 aliphatic heterocycles. The molecule has 0 radical (unpaired) electrons. The highest BCUT2D eigenvalue weighted by molar-refractivity contribution is 7.99. The van der Waals surface area contributed by atoms with E-state index < -0.39 is 10.0 Å². The second kappa shape index (κ2) is 6.80. The molecule has 0 heterocycles. The third kappa shape index (κ3) is 4.42. The van der Waals surface area contributed by atoms with Crippen molar-refractivity contribution in [3.63, 3.8) is 0 Å². The Kier molecular flexibility index (Phi) is 5.66. The van der Waals surface area contributed by atoms with E-state index in [1.165, 1.54) is 18.2 Å². The van der Waals surface area contributed by atoms with E-state index in [9.17, 15) is 8.42 Å². The van der Waals surface area contributed by atoms with Gasteiger partial charge in [-0.25, -0.2) is 13.1 Å². The van der Waals surface area contributed by atoms with Gasteiger partial charge in [0, 0.05) is 17.5 Å². The van der Waals surface area contributed by atoms with E-state index in [0.717, 1.165) is 5.75 Å². The summed E-state index contributed by atoms with van der Waals surface area (Å²) < 4.78 is 26.9. The van der Waals surface area contributed by atoms with Crippen molar-refractivity contribution >= 4 is 27.5 Å². The number of hydrogen-bond donors (Lipinski definition) is 2. The number of nitrogen functional groups attached to an aromatic ring is 1. The lowest BCUT2D eigenvalue weighted by Crippen LogP contribution is -2.34. The van der Waals surface area contributed by atoms with Gasteiger partial charge in [-0.3, -0.25) is 0 Å². The number of rotatable bonds is 6. The average molecular weight is 299 g/mol. The number of nitrogens with zero attached hydrogens (tertiary/aromatic N) is 1. The predicted octanol–water partition coefficient (Wildman–Crippen LogP) is 1.56. The highest BCUT2D eigenvalue weighted by atomic mass is 32.2. The molecule has 0 saturated carbocycles. The summed E-state index contributed by atoms with van der Waals surface area (Å²) in [7, 11) is -3.69. The summed E-state index contributed by atoms with van der Waals surface area (Å²) in [6.07, 6.45) is 0. The summed E-state index contributed by atoms with van der Waals surface area (Å²) in [5, 5.41) is 8.98. The van der Waals surface area contributed by atoms with Crippen LogP contribution in [0.4, 0.5) is 5.69 Å². The molecule has 5 nitrogen and oxygen atoms in total. The Morgan fingerprint density at radius 1 is 1.53 bits per heavy atom. The van der Waals surface area contributed by atoms with E-state index in [2.05, 4.69) is 4.72 Å². The van der Waals surface area contributed by atoms with Crippen LogP contribution in [0.2, 0.25) is 0 Å². The van der Waals surface area contributed by atoms with E-state index >= 15 is 0 Å². The lowest BCUT2D eigenvalue weighted by atomic mass is 10.2. The molecular formula is C12H17N3O2S2. The molecule has 1 aromatic rings. The summed E-state index contributed by atoms with van der Waals surface area (Å²) in [5.41, 5.74) is 5.97. The zero-order valence-corrected chi connectivity index (χ0v) is 12.5. The Labute approximate surface area is 118 Å². The first-order valence-electron chi connectivity index (χ1n) is 5.80. The minimum Gasteiger partial charge on any atom is -0.399 e. The quantitative estimate of drug-likeness (QED) is 0.777. The molecule has 0 bridgehead atoms. The van der Waals surface area contributed by atoms with Gasteiger partial charge in [-0.15, -0.1) is 0 Å². The van der Waals surface area contributed by atoms with Crippen LogP contribution in [-0.2, 0) is 10.0 Å². The smallest absolute Gasteiger partial charge is 0.242 e. The Hall–Kier alpha value is -1.23. The molecule has 0 fully saturated rings. The zero-order chi connectivity index (χ0) is 14.5. The topological polar surface area (TPSA) is 96.0 Å². The van der Waals surface area contributed by atoms with Crippen molar-refractivity contribution in [3.05, 3.63) is 23.8 Å². The highest BCUT2D eigenvalue weighted by Crippen LogP contribution is 2.18. The molecule has 0 saturated heterocycles. The maximum atomic E-state index is 12.2. The van der Waals surface area contributed by atoms with Gasteiger partial charge in [-0.2, -0.15) is 17.0 Å². The standard InChI is InChI=1S/C12H17N3O2S2/c1-3-18-8-9(2)15-19(16,17)12-5-4-11(14)6-10(12)7-13/h4-6,9,15H,3,8,14H2,1-2H3. The van der Waals surface area contributed by atoms with Crippen molar-refractivity contribution in [3.8, 4) is 6.07 Å². The van der Waals surface area contributed by atoms with Gasteiger partial charge in [-0.05, 0) is 30.9 Å². The van der Waals surface area contributed by atoms with Crippen LogP contribution in [0.5, 0.6) is 0 Å². The molecule has 3 N–H and O–H groups in total. The molecule has 0 spiro atoms. The van der Waals surface area contributed by atoms with Crippen LogP contribution >= 0.6 is 11.8 Å². The second-order valence-corrected chi connectivity index (χ2v) is 7.05. The third-order valence-corrected chi connectivity index (χ3v) is 5.13. The van der Waals surface area contributed by atoms with Crippen LogP contribution in [-0.4, -0.2) is 26.0 Å². The molecule has 7 heteroatoms. The summed E-state index contributed by atoms with van der Waals surface area (Å²) >= 11 is 1.65. The minimum absolute atomic E-state index is 0.0300. The molecule has 0 aliphatic carbocycles. The number of hydrogen-bond acceptors (Lipinski definition) is 5. The Balaban J connectivity index is 2.98. The normalized spacial score (nSPS) is 12.9. The maximum Gasteiger partial charge on any atom is 0.242 e. The van der Waals surface area contributed by atoms with Gasteiger partial charge in [0.25, 0.3) is 0 Å². The fourth-order valence-electron chi connectivity index (χ4n) is 1.53. The molecule has 104 valence electrons. The first-order valence-corrected chi connectivity index (χ1v) is 8.44. The van der Waals surface area contributed by atoms with Crippen LogP contribution in [0.25, 0.3) is 0 Å². The van der Waals surface area contributed by atoms with E-state index in [1.807, 2.05) is 13.0 Å². The fraction of sp³-hybridized carbons (Fsp3) is 0.417. The maximum absolute atomic E-state index is 12.2. The Bertz CT molecular complexity index is 579. The Morgan fingerprint density at radius 2 is 2.21 bits per heavy atom. The lowest BCUT2D eigenvalue weighted by molar-refractivity contribution is 0.571. The van der Waals surface area contributed by atoms with Gasteiger partial charge < -0.3 is 5.73 Å². The number of benzene rings is 1. The average Bonchev–Trinajstić information content (AvgIpc) is 2.35. The molecule has 0 aromatic heterocycles. The van der Waals surface area contributed by atoms with Crippen molar-refractivity contribution < 1.29 is 8.42 Å². The molecule has 1 rings (SSSR count). The second-order valence-electron chi connectivity index (χ2n) is 4.05. The predicted molar refractivity (Wildman–Crippen MR) is 78.4 cm³/mol. The monoisotopic (exact) mass is 299 g/mol. The minimum atomic E-state index is -3.69. The largest absolute Gasteiger partial charge is 0.399 e. The van der Waals surface area contributed by atoms with Crippen molar-refractivity contribution in [2.24, 2.45) is 0 Å². The van der Waals surface area contributed by atoms with Crippen LogP contribution in [0.3, 0.4) is 0 Å². The molecular weight excluding hydrogens is 282 g/mol. The van der Waals surface area contributed by atoms with Gasteiger partial charge in [0.15, 0.2) is 0 Å². The first kappa shape index (κ1) is 15.8. The highest BCUT2D eigenvalue weighted by Gasteiger charge is 2.20. The first-order chi connectivity index (χ1) is 8.90. The molecule has 1 aromatic carbocycles. The summed E-state index contributed by atoms with van der Waals surface area (Å²) in [6.45, 7) is 3.81. The van der Waals surface area contributed by atoms with Crippen molar-refractivity contribution in [2.45, 2.75) is 24.8 Å². The van der Waals surface area contributed by atoms with Gasteiger partial charge in [-0.1, -0.05) is 6.92 Å². The lowest BCUT2D eigenvalue weighted by Gasteiger charge is -2.14. The van der Waals surface area contributed by atoms with Crippen LogP contribution < -0.4 is 10.5 Å². The van der Waals surface area contributed by atoms with Crippen molar-refractivity contribution in [1.82, 2.24) is 4.72 Å². The van der Waals surface area contributed by atoms with E-state index in [1.54, 1.807) is 18.7 Å². The van der Waals surface area contributed by atoms with E-state index in [4.69, 9.17) is 11.0 Å². The molecule has 19 heavy (non-hydrogen) atoms. The SMILES string of the molecule is CCSCC(C)NS(=O)(=O)c1ccc(N)cc1C#N. The molecule has 1 atom stereocenters. The van der Waals surface area contributed by atoms with Crippen molar-refractivity contribution in [2.75, 3.05) is 17.2 Å². The summed E-state index contributed by atoms with van der Waals surface area (Å²) in [4.78, 5) is -0.0300. The summed E-state index contributed by atoms with van der Waals surface area (Å²) in [6, 6.07) is 5.85. The van der Waals surface area contributed by atoms with Gasteiger partial charge in [0.1, 0.15) is 6.07 Å². The number of anilines is 1.